The molecule has 5 aliphatic rings. The van der Waals surface area contributed by atoms with E-state index in [1.54, 1.807) is 17.8 Å². The van der Waals surface area contributed by atoms with E-state index in [1.807, 2.05) is 30.7 Å². The van der Waals surface area contributed by atoms with Gasteiger partial charge in [-0.25, -0.2) is 14.5 Å². The Bertz CT molecular complexity index is 1650. The maximum Gasteiger partial charge on any atom is 0.212 e. The molecule has 4 aromatic heterocycles. The van der Waals surface area contributed by atoms with Crippen LogP contribution in [0, 0.1) is 29.1 Å². The molecule has 0 aromatic carbocycles. The predicted octanol–water partition coefficient (Wildman–Crippen LogP) is 4.23. The van der Waals surface area contributed by atoms with Gasteiger partial charge in [0, 0.05) is 68.7 Å². The fourth-order valence-corrected chi connectivity index (χ4v) is 7.91. The molecule has 10 heteroatoms. The van der Waals surface area contributed by atoms with Gasteiger partial charge in [0.25, 0.3) is 0 Å². The Hall–Kier alpha value is -4.20. The molecule has 0 spiro atoms. The van der Waals surface area contributed by atoms with Gasteiger partial charge in [-0.1, -0.05) is 6.07 Å². The molecule has 44 heavy (non-hydrogen) atoms. The maximum absolute atomic E-state index is 9.80. The molecule has 4 saturated heterocycles. The smallest absolute Gasteiger partial charge is 0.212 e. The highest BCUT2D eigenvalue weighted by Crippen LogP contribution is 2.44. The lowest BCUT2D eigenvalue weighted by atomic mass is 9.81. The molecule has 8 heterocycles. The quantitative estimate of drug-likeness (QED) is 0.283. The van der Waals surface area contributed by atoms with Gasteiger partial charge < -0.3 is 19.1 Å². The van der Waals surface area contributed by atoms with Gasteiger partial charge in [0.1, 0.15) is 24.2 Å². The molecule has 4 bridgehead atoms. The maximum atomic E-state index is 9.80. The minimum atomic E-state index is 0.388. The summed E-state index contributed by atoms with van der Waals surface area (Å²) in [6, 6.07) is 12.7. The number of rotatable bonds is 9. The van der Waals surface area contributed by atoms with Crippen molar-refractivity contribution in [1.29, 1.82) is 5.26 Å². The second-order valence-corrected chi connectivity index (χ2v) is 12.8. The minimum Gasteiger partial charge on any atom is -0.491 e. The fraction of sp³-hybridized carbons (Fsp3) is 0.471. The van der Waals surface area contributed by atoms with Crippen LogP contribution >= 0.6 is 0 Å². The number of ether oxygens (including phenoxy) is 3. The van der Waals surface area contributed by atoms with Gasteiger partial charge in [0.2, 0.25) is 5.88 Å². The van der Waals surface area contributed by atoms with Gasteiger partial charge in [-0.15, -0.1) is 0 Å². The van der Waals surface area contributed by atoms with Crippen LogP contribution in [0.1, 0.15) is 30.4 Å². The lowest BCUT2D eigenvalue weighted by Crippen LogP contribution is -2.57. The number of aromatic nitrogens is 4. The summed E-state index contributed by atoms with van der Waals surface area (Å²) in [6.45, 7) is 5.45. The van der Waals surface area contributed by atoms with E-state index in [-0.39, 0.29) is 0 Å². The van der Waals surface area contributed by atoms with Crippen molar-refractivity contribution in [3.8, 4) is 28.8 Å². The molecular weight excluding hydrogens is 554 g/mol. The predicted molar refractivity (Wildman–Crippen MR) is 165 cm³/mol. The van der Waals surface area contributed by atoms with Crippen molar-refractivity contribution in [3.05, 3.63) is 66.2 Å². The van der Waals surface area contributed by atoms with Gasteiger partial charge in [-0.05, 0) is 60.8 Å². The third-order valence-corrected chi connectivity index (χ3v) is 10.1. The highest BCUT2D eigenvalue weighted by atomic mass is 16.5. The number of nitrogens with zero attached hydrogens (tertiary/aromatic N) is 7. The number of hydrogen-bond acceptors (Lipinski definition) is 9. The van der Waals surface area contributed by atoms with E-state index in [1.165, 1.54) is 24.8 Å². The monoisotopic (exact) mass is 591 g/mol. The fourth-order valence-electron chi connectivity index (χ4n) is 7.91. The topological polar surface area (TPSA) is 101 Å². The van der Waals surface area contributed by atoms with Crippen LogP contribution in [0.4, 0.5) is 5.82 Å². The van der Waals surface area contributed by atoms with Crippen LogP contribution in [0.15, 0.2) is 55.1 Å². The van der Waals surface area contributed by atoms with Crippen molar-refractivity contribution in [2.24, 2.45) is 17.8 Å². The molecule has 9 rings (SSSR count). The molecular formula is C34H37N7O3. The van der Waals surface area contributed by atoms with Crippen molar-refractivity contribution in [2.45, 2.75) is 37.9 Å². The molecule has 4 unspecified atom stereocenters. The first-order valence-corrected chi connectivity index (χ1v) is 15.8. The number of anilines is 1. The van der Waals surface area contributed by atoms with E-state index < -0.39 is 0 Å². The van der Waals surface area contributed by atoms with Crippen molar-refractivity contribution in [1.82, 2.24) is 24.5 Å². The molecule has 0 radical (unpaired) electrons. The summed E-state index contributed by atoms with van der Waals surface area (Å²) in [5, 5.41) is 14.3. The molecule has 4 aliphatic heterocycles. The minimum absolute atomic E-state index is 0.388. The summed E-state index contributed by atoms with van der Waals surface area (Å²) in [5.74, 6) is 4.39. The van der Waals surface area contributed by atoms with Crippen molar-refractivity contribution in [3.63, 3.8) is 0 Å². The van der Waals surface area contributed by atoms with Crippen LogP contribution in [0.25, 0.3) is 16.6 Å². The summed E-state index contributed by atoms with van der Waals surface area (Å²) >= 11 is 0. The number of hydrogen-bond donors (Lipinski definition) is 0. The summed E-state index contributed by atoms with van der Waals surface area (Å²) in [5.41, 5.74) is 4.44. The average molecular weight is 592 g/mol. The molecule has 4 aromatic rings. The molecule has 10 nitrogen and oxygen atoms in total. The van der Waals surface area contributed by atoms with Crippen LogP contribution in [-0.4, -0.2) is 83.1 Å². The molecule has 5 fully saturated rings. The summed E-state index contributed by atoms with van der Waals surface area (Å²) in [6.07, 6.45) is 12.9. The van der Waals surface area contributed by atoms with E-state index in [4.69, 9.17) is 19.2 Å². The summed E-state index contributed by atoms with van der Waals surface area (Å²) < 4.78 is 19.0. The number of fused-ring (bicyclic) bond motifs is 5. The Morgan fingerprint density at radius 3 is 2.50 bits per heavy atom. The van der Waals surface area contributed by atoms with Gasteiger partial charge in [0.05, 0.1) is 42.8 Å². The second kappa shape index (κ2) is 11.4. The zero-order chi connectivity index (χ0) is 29.6. The number of morpholine rings is 1. The highest BCUT2D eigenvalue weighted by molar-refractivity contribution is 5.85. The first-order valence-electron chi connectivity index (χ1n) is 15.8. The largest absolute Gasteiger partial charge is 0.491 e. The Kier molecular flexibility index (Phi) is 7.07. The van der Waals surface area contributed by atoms with E-state index >= 15 is 0 Å². The zero-order valence-electron chi connectivity index (χ0n) is 25.0. The van der Waals surface area contributed by atoms with Gasteiger partial charge in [-0.2, -0.15) is 10.4 Å². The number of methoxy groups -OCH3 is 1. The van der Waals surface area contributed by atoms with E-state index in [0.29, 0.717) is 48.0 Å². The SMILES string of the molecule is COc1ccc(CC2C3CCC2CN(c2ccc(-c4cc(OCCN5CC6CC(C5)O6)cn5ncc(C#N)c45)cn2)C3)cn1. The van der Waals surface area contributed by atoms with E-state index in [2.05, 4.69) is 44.2 Å². The normalized spacial score (nSPS) is 25.9. The third-order valence-electron chi connectivity index (χ3n) is 10.1. The lowest BCUT2D eigenvalue weighted by Gasteiger charge is -2.47. The van der Waals surface area contributed by atoms with Gasteiger partial charge in [0.15, 0.2) is 0 Å². The molecule has 0 N–H and O–H groups in total. The molecule has 0 amide bonds. The first kappa shape index (κ1) is 27.4. The number of piperidine rings is 2. The van der Waals surface area contributed by atoms with Gasteiger partial charge >= 0.3 is 0 Å². The van der Waals surface area contributed by atoms with Crippen molar-refractivity contribution >= 4 is 11.3 Å². The third kappa shape index (κ3) is 5.14. The standard InChI is InChI=1S/C34H37N7O3/c1-42-33-7-2-22(14-37-33)10-30-24-3-4-25(30)18-40(17-24)32-6-5-23(15-36-32)31-12-27(21-41-34(31)26(13-35)16-38-41)43-9-8-39-19-28-11-29(20-39)44-28/h2,5-7,12,14-16,21,24-25,28-30H,3-4,8-11,17-20H2,1H3. The molecule has 226 valence electrons. The molecule has 1 saturated carbocycles. The molecule has 1 aliphatic carbocycles. The summed E-state index contributed by atoms with van der Waals surface area (Å²) in [4.78, 5) is 14.2. The summed E-state index contributed by atoms with van der Waals surface area (Å²) in [7, 11) is 1.65. The zero-order valence-corrected chi connectivity index (χ0v) is 25.0. The van der Waals surface area contributed by atoms with Crippen LogP contribution in [0.3, 0.4) is 0 Å². The second-order valence-electron chi connectivity index (χ2n) is 12.8. The lowest BCUT2D eigenvalue weighted by molar-refractivity contribution is -0.181. The Balaban J connectivity index is 0.972. The Morgan fingerprint density at radius 2 is 1.82 bits per heavy atom. The van der Waals surface area contributed by atoms with Crippen molar-refractivity contribution < 1.29 is 14.2 Å². The van der Waals surface area contributed by atoms with E-state index in [9.17, 15) is 5.26 Å². The first-order chi connectivity index (χ1) is 21.6. The van der Waals surface area contributed by atoms with Crippen LogP contribution in [0.2, 0.25) is 0 Å². The number of nitriles is 1. The van der Waals surface area contributed by atoms with Crippen LogP contribution in [0.5, 0.6) is 11.6 Å². The number of pyridine rings is 3. The molecule has 4 atom stereocenters. The Morgan fingerprint density at radius 1 is 1.00 bits per heavy atom. The van der Waals surface area contributed by atoms with Gasteiger partial charge in [-0.3, -0.25) is 4.90 Å². The van der Waals surface area contributed by atoms with Crippen LogP contribution < -0.4 is 14.4 Å². The highest BCUT2D eigenvalue weighted by Gasteiger charge is 2.42. The van der Waals surface area contributed by atoms with Crippen molar-refractivity contribution in [2.75, 3.05) is 51.3 Å². The van der Waals surface area contributed by atoms with Crippen LogP contribution in [-0.2, 0) is 11.2 Å². The average Bonchev–Trinajstić information content (AvgIpc) is 3.56. The Labute approximate surface area is 257 Å². The van der Waals surface area contributed by atoms with E-state index in [0.717, 1.165) is 67.4 Å².